The zero-order valence-corrected chi connectivity index (χ0v) is 12.7. The molecule has 0 amide bonds. The highest BCUT2D eigenvalue weighted by Crippen LogP contribution is 2.20. The molecule has 0 aliphatic carbocycles. The first-order chi connectivity index (χ1) is 10.1. The lowest BCUT2D eigenvalue weighted by molar-refractivity contribution is 0.148. The molecule has 0 spiro atoms. The van der Waals surface area contributed by atoms with E-state index in [0.717, 1.165) is 0 Å². The van der Waals surface area contributed by atoms with E-state index in [9.17, 15) is 8.42 Å². The number of aliphatic hydroxyl groups excluding tert-OH is 1. The summed E-state index contributed by atoms with van der Waals surface area (Å²) in [5.74, 6) is 0.599. The van der Waals surface area contributed by atoms with E-state index in [1.807, 2.05) is 0 Å². The van der Waals surface area contributed by atoms with Gasteiger partial charge in [0.05, 0.1) is 18.1 Å². The molecule has 21 heavy (non-hydrogen) atoms. The highest BCUT2D eigenvalue weighted by molar-refractivity contribution is 7.89. The van der Waals surface area contributed by atoms with Gasteiger partial charge in [-0.25, -0.2) is 8.42 Å². The fourth-order valence-electron chi connectivity index (χ4n) is 2.08. The number of nitrogens with zero attached hydrogens (tertiary/aromatic N) is 1. The van der Waals surface area contributed by atoms with Crippen LogP contribution in [0.5, 0.6) is 5.75 Å². The Bertz CT molecular complexity index is 521. The summed E-state index contributed by atoms with van der Waals surface area (Å²) in [7, 11) is -3.47. The Morgan fingerprint density at radius 3 is 2.67 bits per heavy atom. The van der Waals surface area contributed by atoms with Crippen molar-refractivity contribution in [3.05, 3.63) is 24.3 Å². The van der Waals surface area contributed by atoms with Crippen LogP contribution >= 0.6 is 0 Å². The van der Waals surface area contributed by atoms with Crippen LogP contribution in [0, 0.1) is 0 Å². The highest BCUT2D eigenvalue weighted by Gasteiger charge is 2.25. The van der Waals surface area contributed by atoms with Crippen LogP contribution in [0.2, 0.25) is 0 Å². The van der Waals surface area contributed by atoms with Gasteiger partial charge in [-0.1, -0.05) is 0 Å². The molecule has 2 rings (SSSR count). The average Bonchev–Trinajstić information content (AvgIpc) is 2.78. The molecule has 1 aliphatic heterocycles. The van der Waals surface area contributed by atoms with E-state index < -0.39 is 10.0 Å². The molecule has 0 aromatic heterocycles. The summed E-state index contributed by atoms with van der Waals surface area (Å²) in [4.78, 5) is 0.263. The van der Waals surface area contributed by atoms with Gasteiger partial charge >= 0.3 is 0 Å². The van der Waals surface area contributed by atoms with E-state index in [0.29, 0.717) is 51.5 Å². The van der Waals surface area contributed by atoms with Crippen LogP contribution in [-0.2, 0) is 14.8 Å². The van der Waals surface area contributed by atoms with Gasteiger partial charge in [0.1, 0.15) is 5.75 Å². The molecule has 1 aromatic carbocycles. The first-order valence-corrected chi connectivity index (χ1v) is 8.50. The van der Waals surface area contributed by atoms with Gasteiger partial charge in [-0.15, -0.1) is 0 Å². The molecular formula is C14H21NO5S. The minimum atomic E-state index is -3.47. The Morgan fingerprint density at radius 1 is 1.19 bits per heavy atom. The first-order valence-electron chi connectivity index (χ1n) is 7.06. The van der Waals surface area contributed by atoms with Gasteiger partial charge < -0.3 is 14.6 Å². The van der Waals surface area contributed by atoms with Crippen molar-refractivity contribution >= 4 is 10.0 Å². The van der Waals surface area contributed by atoms with Crippen molar-refractivity contribution in [2.45, 2.75) is 17.7 Å². The topological polar surface area (TPSA) is 76.1 Å². The minimum absolute atomic E-state index is 0.0729. The number of hydrogen-bond acceptors (Lipinski definition) is 5. The SMILES string of the molecule is O=S(=O)(c1ccc(OCCCO)cc1)N1CCCOCC1. The molecule has 0 unspecified atom stereocenters. The van der Waals surface area contributed by atoms with Crippen LogP contribution in [-0.4, -0.2) is 57.3 Å². The van der Waals surface area contributed by atoms with Crippen molar-refractivity contribution in [1.29, 1.82) is 0 Å². The molecule has 1 aromatic rings. The molecule has 0 radical (unpaired) electrons. The van der Waals surface area contributed by atoms with E-state index in [2.05, 4.69) is 0 Å². The maximum Gasteiger partial charge on any atom is 0.243 e. The van der Waals surface area contributed by atoms with Gasteiger partial charge in [0.15, 0.2) is 0 Å². The lowest BCUT2D eigenvalue weighted by atomic mass is 10.3. The van der Waals surface area contributed by atoms with Crippen molar-refractivity contribution < 1.29 is 23.0 Å². The Labute approximate surface area is 125 Å². The molecule has 6 nitrogen and oxygen atoms in total. The molecule has 0 bridgehead atoms. The number of ether oxygens (including phenoxy) is 2. The van der Waals surface area contributed by atoms with Crippen LogP contribution in [0.15, 0.2) is 29.2 Å². The fraction of sp³-hybridized carbons (Fsp3) is 0.571. The smallest absolute Gasteiger partial charge is 0.243 e. The van der Waals surface area contributed by atoms with Crippen molar-refractivity contribution in [2.24, 2.45) is 0 Å². The maximum absolute atomic E-state index is 12.5. The van der Waals surface area contributed by atoms with E-state index in [-0.39, 0.29) is 11.5 Å². The van der Waals surface area contributed by atoms with Gasteiger partial charge in [-0.05, 0) is 30.7 Å². The van der Waals surface area contributed by atoms with Gasteiger partial charge in [0.2, 0.25) is 10.0 Å². The van der Waals surface area contributed by atoms with Crippen molar-refractivity contribution in [3.8, 4) is 5.75 Å². The number of benzene rings is 1. The maximum atomic E-state index is 12.5. The van der Waals surface area contributed by atoms with Gasteiger partial charge in [0.25, 0.3) is 0 Å². The molecule has 1 N–H and O–H groups in total. The van der Waals surface area contributed by atoms with E-state index >= 15 is 0 Å². The summed E-state index contributed by atoms with van der Waals surface area (Å²) < 4.78 is 37.2. The lowest BCUT2D eigenvalue weighted by Gasteiger charge is -2.19. The van der Waals surface area contributed by atoms with Crippen molar-refractivity contribution in [2.75, 3.05) is 39.5 Å². The highest BCUT2D eigenvalue weighted by atomic mass is 32.2. The molecule has 7 heteroatoms. The molecular weight excluding hydrogens is 294 g/mol. The number of aliphatic hydroxyl groups is 1. The third kappa shape index (κ3) is 4.41. The van der Waals surface area contributed by atoms with Crippen LogP contribution in [0.3, 0.4) is 0 Å². The number of rotatable bonds is 6. The summed E-state index contributed by atoms with van der Waals surface area (Å²) in [6.07, 6.45) is 1.26. The predicted octanol–water partition coefficient (Wildman–Crippen LogP) is 0.859. The molecule has 1 fully saturated rings. The summed E-state index contributed by atoms with van der Waals surface area (Å²) in [5.41, 5.74) is 0. The molecule has 118 valence electrons. The standard InChI is InChI=1S/C14H21NO5S/c16-9-2-11-20-13-3-5-14(6-4-13)21(17,18)15-7-1-10-19-12-8-15/h3-6,16H,1-2,7-12H2. The van der Waals surface area contributed by atoms with Gasteiger partial charge in [-0.3, -0.25) is 0 Å². The van der Waals surface area contributed by atoms with Gasteiger partial charge in [0, 0.05) is 32.7 Å². The summed E-state index contributed by atoms with van der Waals surface area (Å²) in [5, 5.41) is 8.69. The van der Waals surface area contributed by atoms with Crippen molar-refractivity contribution in [3.63, 3.8) is 0 Å². The quantitative estimate of drug-likeness (QED) is 0.788. The molecule has 1 saturated heterocycles. The number of hydrogen-bond donors (Lipinski definition) is 1. The normalized spacial score (nSPS) is 17.4. The largest absolute Gasteiger partial charge is 0.494 e. The predicted molar refractivity (Wildman–Crippen MR) is 77.8 cm³/mol. The van der Waals surface area contributed by atoms with E-state index in [1.54, 1.807) is 24.3 Å². The number of sulfonamides is 1. The zero-order chi connectivity index (χ0) is 15.1. The Hall–Kier alpha value is -1.15. The summed E-state index contributed by atoms with van der Waals surface area (Å²) in [6, 6.07) is 6.38. The van der Waals surface area contributed by atoms with Crippen molar-refractivity contribution in [1.82, 2.24) is 4.31 Å². The van der Waals surface area contributed by atoms with Crippen LogP contribution in [0.1, 0.15) is 12.8 Å². The second-order valence-electron chi connectivity index (χ2n) is 4.77. The molecule has 1 aliphatic rings. The summed E-state index contributed by atoms with van der Waals surface area (Å²) >= 11 is 0. The monoisotopic (exact) mass is 315 g/mol. The van der Waals surface area contributed by atoms with E-state index in [1.165, 1.54) is 4.31 Å². The van der Waals surface area contributed by atoms with Crippen LogP contribution in [0.25, 0.3) is 0 Å². The Morgan fingerprint density at radius 2 is 1.95 bits per heavy atom. The Kier molecular flexibility index (Phi) is 5.98. The van der Waals surface area contributed by atoms with E-state index in [4.69, 9.17) is 14.6 Å². The third-order valence-electron chi connectivity index (χ3n) is 3.21. The van der Waals surface area contributed by atoms with Crippen LogP contribution < -0.4 is 4.74 Å². The average molecular weight is 315 g/mol. The second-order valence-corrected chi connectivity index (χ2v) is 6.70. The van der Waals surface area contributed by atoms with Gasteiger partial charge in [-0.2, -0.15) is 4.31 Å². The molecule has 0 atom stereocenters. The molecule has 1 heterocycles. The molecule has 0 saturated carbocycles. The zero-order valence-electron chi connectivity index (χ0n) is 11.9. The minimum Gasteiger partial charge on any atom is -0.494 e. The Balaban J connectivity index is 2.05. The second kappa shape index (κ2) is 7.74. The van der Waals surface area contributed by atoms with Crippen LogP contribution in [0.4, 0.5) is 0 Å². The first kappa shape index (κ1) is 16.2. The summed E-state index contributed by atoms with van der Waals surface area (Å²) in [6.45, 7) is 2.38. The third-order valence-corrected chi connectivity index (χ3v) is 5.13. The fourth-order valence-corrected chi connectivity index (χ4v) is 3.54. The lowest BCUT2D eigenvalue weighted by Crippen LogP contribution is -2.33.